The van der Waals surface area contributed by atoms with Crippen molar-refractivity contribution in [3.05, 3.63) is 52.8 Å². The number of amides is 2. The lowest BCUT2D eigenvalue weighted by Gasteiger charge is -2.32. The van der Waals surface area contributed by atoms with Gasteiger partial charge in [-0.05, 0) is 62.2 Å². The predicted octanol–water partition coefficient (Wildman–Crippen LogP) is 3.14. The van der Waals surface area contributed by atoms with Gasteiger partial charge in [-0.1, -0.05) is 17.8 Å². The highest BCUT2D eigenvalue weighted by Gasteiger charge is 2.31. The number of aromatic nitrogens is 1. The maximum Gasteiger partial charge on any atom is 0.325 e. The molecule has 3 aromatic rings. The zero-order chi connectivity index (χ0) is 26.7. The van der Waals surface area contributed by atoms with Gasteiger partial charge in [0.15, 0.2) is 4.80 Å². The van der Waals surface area contributed by atoms with E-state index in [0.29, 0.717) is 22.4 Å². The SMILES string of the molecule is COC(=O)Cn1c(=NC(=O)c2ccc(S(=O)(=O)N3CCCC[C@H]3C)cc2)sc2cc(NC(C)=O)ccc21. The fourth-order valence-electron chi connectivity index (χ4n) is 4.27. The smallest absolute Gasteiger partial charge is 0.325 e. The molecule has 1 saturated heterocycles. The number of hydrogen-bond acceptors (Lipinski definition) is 7. The summed E-state index contributed by atoms with van der Waals surface area (Å²) >= 11 is 1.18. The summed E-state index contributed by atoms with van der Waals surface area (Å²) < 4.78 is 34.8. The van der Waals surface area contributed by atoms with Crippen LogP contribution in [0.1, 0.15) is 43.5 Å². The summed E-state index contributed by atoms with van der Waals surface area (Å²) in [6.07, 6.45) is 2.65. The minimum Gasteiger partial charge on any atom is -0.468 e. The predicted molar refractivity (Wildman–Crippen MR) is 140 cm³/mol. The minimum atomic E-state index is -3.66. The number of sulfonamides is 1. The fraction of sp³-hybridized carbons (Fsp3) is 0.360. The largest absolute Gasteiger partial charge is 0.468 e. The minimum absolute atomic E-state index is 0.0700. The van der Waals surface area contributed by atoms with Gasteiger partial charge in [0, 0.05) is 30.8 Å². The number of rotatable bonds is 6. The first-order valence-electron chi connectivity index (χ1n) is 11.8. The van der Waals surface area contributed by atoms with E-state index in [2.05, 4.69) is 10.3 Å². The topological polar surface area (TPSA) is 127 Å². The molecule has 1 fully saturated rings. The number of carbonyl (C=O) groups is 3. The number of thiazole rings is 1. The average Bonchev–Trinajstić information content (AvgIpc) is 3.19. The first-order chi connectivity index (χ1) is 17.6. The number of fused-ring (bicyclic) bond motifs is 1. The molecule has 0 unspecified atom stereocenters. The Hall–Kier alpha value is -3.35. The van der Waals surface area contributed by atoms with E-state index in [4.69, 9.17) is 4.74 Å². The normalized spacial score (nSPS) is 17.1. The Kier molecular flexibility index (Phi) is 7.90. The zero-order valence-corrected chi connectivity index (χ0v) is 22.4. The first-order valence-corrected chi connectivity index (χ1v) is 14.0. The van der Waals surface area contributed by atoms with Gasteiger partial charge < -0.3 is 14.6 Å². The van der Waals surface area contributed by atoms with Crippen molar-refractivity contribution in [2.45, 2.75) is 50.6 Å². The van der Waals surface area contributed by atoms with Crippen molar-refractivity contribution in [2.75, 3.05) is 19.0 Å². The molecule has 12 heteroatoms. The van der Waals surface area contributed by atoms with E-state index >= 15 is 0 Å². The van der Waals surface area contributed by atoms with Gasteiger partial charge in [-0.15, -0.1) is 0 Å². The second-order valence-corrected chi connectivity index (χ2v) is 11.7. The van der Waals surface area contributed by atoms with E-state index in [0.717, 1.165) is 19.3 Å². The maximum atomic E-state index is 13.1. The Bertz CT molecular complexity index is 1520. The molecule has 2 amide bonds. The lowest BCUT2D eigenvalue weighted by molar-refractivity contribution is -0.141. The Labute approximate surface area is 218 Å². The molecular formula is C25H28N4O6S2. The lowest BCUT2D eigenvalue weighted by Crippen LogP contribution is -2.41. The van der Waals surface area contributed by atoms with Crippen molar-refractivity contribution in [3.8, 4) is 0 Å². The summed E-state index contributed by atoms with van der Waals surface area (Å²) in [5, 5.41) is 2.70. The number of anilines is 1. The number of carbonyl (C=O) groups excluding carboxylic acids is 3. The summed E-state index contributed by atoms with van der Waals surface area (Å²) in [7, 11) is -2.39. The van der Waals surface area contributed by atoms with Crippen LogP contribution in [-0.4, -0.2) is 54.8 Å². The standard InChI is InChI=1S/C25H28N4O6S2/c1-16-6-4-5-13-29(16)37(33,34)20-10-7-18(8-11-20)24(32)27-25-28(15-23(31)35-3)21-12-9-19(26-17(2)30)14-22(21)36-25/h7-12,14,16H,4-6,13,15H2,1-3H3,(H,26,30)/t16-/m1/s1. The summed E-state index contributed by atoms with van der Waals surface area (Å²) in [4.78, 5) is 41.1. The molecular weight excluding hydrogens is 516 g/mol. The van der Waals surface area contributed by atoms with Gasteiger partial charge in [0.05, 0.1) is 22.2 Å². The highest BCUT2D eigenvalue weighted by Crippen LogP contribution is 2.26. The van der Waals surface area contributed by atoms with Crippen LogP contribution in [0.15, 0.2) is 52.4 Å². The number of esters is 1. The number of ether oxygens (including phenoxy) is 1. The molecule has 37 heavy (non-hydrogen) atoms. The third-order valence-electron chi connectivity index (χ3n) is 6.17. The van der Waals surface area contributed by atoms with Crippen molar-refractivity contribution in [3.63, 3.8) is 0 Å². The Morgan fingerprint density at radius 1 is 1.14 bits per heavy atom. The molecule has 1 atom stereocenters. The number of methoxy groups -OCH3 is 1. The van der Waals surface area contributed by atoms with Crippen LogP contribution in [0.5, 0.6) is 0 Å². The van der Waals surface area contributed by atoms with E-state index < -0.39 is 21.9 Å². The van der Waals surface area contributed by atoms with Crippen LogP contribution in [0.25, 0.3) is 10.2 Å². The Balaban J connectivity index is 1.68. The van der Waals surface area contributed by atoms with Gasteiger partial charge in [0.1, 0.15) is 6.54 Å². The quantitative estimate of drug-likeness (QED) is 0.475. The number of piperidine rings is 1. The fourth-order valence-corrected chi connectivity index (χ4v) is 7.04. The third-order valence-corrected chi connectivity index (χ3v) is 9.23. The summed E-state index contributed by atoms with van der Waals surface area (Å²) in [6.45, 7) is 3.63. The summed E-state index contributed by atoms with van der Waals surface area (Å²) in [5.41, 5.74) is 1.43. The first kappa shape index (κ1) is 26.7. The van der Waals surface area contributed by atoms with E-state index in [1.165, 1.54) is 53.9 Å². The molecule has 1 aromatic heterocycles. The zero-order valence-electron chi connectivity index (χ0n) is 20.8. The van der Waals surface area contributed by atoms with Crippen molar-refractivity contribution < 1.29 is 27.5 Å². The van der Waals surface area contributed by atoms with Gasteiger partial charge in [-0.25, -0.2) is 8.42 Å². The van der Waals surface area contributed by atoms with Gasteiger partial charge in [-0.2, -0.15) is 9.30 Å². The second-order valence-electron chi connectivity index (χ2n) is 8.81. The van der Waals surface area contributed by atoms with Crippen LogP contribution < -0.4 is 10.1 Å². The number of nitrogens with zero attached hydrogens (tertiary/aromatic N) is 3. The lowest BCUT2D eigenvalue weighted by atomic mass is 10.1. The molecule has 10 nitrogen and oxygen atoms in total. The average molecular weight is 545 g/mol. The second kappa shape index (κ2) is 11.0. The van der Waals surface area contributed by atoms with Crippen LogP contribution in [-0.2, 0) is 30.9 Å². The van der Waals surface area contributed by atoms with Crippen LogP contribution in [0, 0.1) is 0 Å². The number of benzene rings is 2. The van der Waals surface area contributed by atoms with Gasteiger partial charge >= 0.3 is 5.97 Å². The number of nitrogens with one attached hydrogen (secondary N) is 1. The highest BCUT2D eigenvalue weighted by molar-refractivity contribution is 7.89. The van der Waals surface area contributed by atoms with E-state index in [9.17, 15) is 22.8 Å². The Morgan fingerprint density at radius 3 is 2.51 bits per heavy atom. The van der Waals surface area contributed by atoms with Gasteiger partial charge in [0.25, 0.3) is 5.91 Å². The van der Waals surface area contributed by atoms with Crippen molar-refractivity contribution >= 4 is 55.0 Å². The molecule has 0 radical (unpaired) electrons. The molecule has 2 aromatic carbocycles. The van der Waals surface area contributed by atoms with Crippen LogP contribution in [0.3, 0.4) is 0 Å². The summed E-state index contributed by atoms with van der Waals surface area (Å²) in [5.74, 6) is -1.32. The highest BCUT2D eigenvalue weighted by atomic mass is 32.2. The maximum absolute atomic E-state index is 13.1. The number of hydrogen-bond donors (Lipinski definition) is 1. The molecule has 0 saturated carbocycles. The molecule has 0 bridgehead atoms. The van der Waals surface area contributed by atoms with E-state index in [1.807, 2.05) is 6.92 Å². The van der Waals surface area contributed by atoms with Crippen molar-refractivity contribution in [1.29, 1.82) is 0 Å². The molecule has 196 valence electrons. The molecule has 4 rings (SSSR count). The summed E-state index contributed by atoms with van der Waals surface area (Å²) in [6, 6.07) is 10.8. The van der Waals surface area contributed by atoms with Crippen LogP contribution in [0.4, 0.5) is 5.69 Å². The molecule has 2 heterocycles. The monoisotopic (exact) mass is 544 g/mol. The third kappa shape index (κ3) is 5.81. The molecule has 1 aliphatic heterocycles. The van der Waals surface area contributed by atoms with Gasteiger partial charge in [-0.3, -0.25) is 14.4 Å². The Morgan fingerprint density at radius 2 is 1.86 bits per heavy atom. The van der Waals surface area contributed by atoms with E-state index in [1.54, 1.807) is 22.8 Å². The molecule has 1 aliphatic rings. The van der Waals surface area contributed by atoms with Crippen molar-refractivity contribution in [2.24, 2.45) is 4.99 Å². The molecule has 0 spiro atoms. The molecule has 1 N–H and O–H groups in total. The van der Waals surface area contributed by atoms with Gasteiger partial charge in [0.2, 0.25) is 15.9 Å². The van der Waals surface area contributed by atoms with Crippen LogP contribution >= 0.6 is 11.3 Å². The van der Waals surface area contributed by atoms with Crippen LogP contribution in [0.2, 0.25) is 0 Å². The van der Waals surface area contributed by atoms with Crippen molar-refractivity contribution in [1.82, 2.24) is 8.87 Å². The van der Waals surface area contributed by atoms with E-state index in [-0.39, 0.29) is 33.8 Å². The molecule has 0 aliphatic carbocycles.